The Kier molecular flexibility index (Phi) is 4.22. The smallest absolute Gasteiger partial charge is 0.251 e. The molecule has 2 rings (SSSR count). The Balaban J connectivity index is 2.07. The van der Waals surface area contributed by atoms with E-state index in [4.69, 9.17) is 0 Å². The van der Waals surface area contributed by atoms with E-state index in [1.165, 1.54) is 12.1 Å². The van der Waals surface area contributed by atoms with Gasteiger partial charge < -0.3 is 5.32 Å². The molecule has 0 aromatic heterocycles. The lowest BCUT2D eigenvalue weighted by atomic mass is 10.1. The summed E-state index contributed by atoms with van der Waals surface area (Å²) in [5.41, 5.74) is 2.20. The molecule has 2 nitrogen and oxygen atoms in total. The van der Waals surface area contributed by atoms with Crippen molar-refractivity contribution < 1.29 is 9.18 Å². The molecule has 98 valence electrons. The third-order valence-corrected chi connectivity index (χ3v) is 3.09. The third kappa shape index (κ3) is 3.58. The van der Waals surface area contributed by atoms with E-state index in [2.05, 4.69) is 17.9 Å². The molecule has 2 aromatic carbocycles. The second-order valence-electron chi connectivity index (χ2n) is 4.31. The van der Waals surface area contributed by atoms with Gasteiger partial charge in [0.2, 0.25) is 0 Å². The van der Waals surface area contributed by atoms with Crippen LogP contribution in [0.25, 0.3) is 0 Å². The molecular weight excluding hydrogens is 261 g/mol. The molecule has 0 spiro atoms. The van der Waals surface area contributed by atoms with Gasteiger partial charge in [0.1, 0.15) is 5.82 Å². The van der Waals surface area contributed by atoms with Crippen LogP contribution in [0.15, 0.2) is 47.4 Å². The first-order valence-corrected chi connectivity index (χ1v) is 6.33. The van der Waals surface area contributed by atoms with Gasteiger partial charge in [0.15, 0.2) is 0 Å². The van der Waals surface area contributed by atoms with E-state index in [9.17, 15) is 9.18 Å². The van der Waals surface area contributed by atoms with Crippen LogP contribution < -0.4 is 5.32 Å². The Morgan fingerprint density at radius 2 is 2.05 bits per heavy atom. The fraction of sp³-hybridized carbons (Fsp3) is 0.133. The van der Waals surface area contributed by atoms with Crippen molar-refractivity contribution >= 4 is 18.5 Å². The Labute approximate surface area is 117 Å². The van der Waals surface area contributed by atoms with E-state index < -0.39 is 0 Å². The number of carbonyl (C=O) groups excluding carboxylic acids is 1. The van der Waals surface area contributed by atoms with E-state index >= 15 is 0 Å². The Morgan fingerprint density at radius 1 is 1.26 bits per heavy atom. The minimum Gasteiger partial charge on any atom is -0.348 e. The minimum absolute atomic E-state index is 0.183. The van der Waals surface area contributed by atoms with Crippen LogP contribution in [-0.2, 0) is 6.54 Å². The van der Waals surface area contributed by atoms with Gasteiger partial charge in [0.05, 0.1) is 0 Å². The van der Waals surface area contributed by atoms with E-state index in [0.717, 1.165) is 16.0 Å². The van der Waals surface area contributed by atoms with Gasteiger partial charge >= 0.3 is 0 Å². The molecule has 0 radical (unpaired) electrons. The molecule has 2 aromatic rings. The normalized spacial score (nSPS) is 10.3. The molecule has 0 bridgehead atoms. The fourth-order valence-corrected chi connectivity index (χ4v) is 1.98. The average Bonchev–Trinajstić information content (AvgIpc) is 2.39. The number of amides is 1. The monoisotopic (exact) mass is 275 g/mol. The topological polar surface area (TPSA) is 29.1 Å². The summed E-state index contributed by atoms with van der Waals surface area (Å²) in [5, 5.41) is 2.77. The van der Waals surface area contributed by atoms with Crippen LogP contribution in [-0.4, -0.2) is 5.91 Å². The maximum Gasteiger partial charge on any atom is 0.251 e. The maximum atomic E-state index is 13.0. The van der Waals surface area contributed by atoms with Gasteiger partial charge in [-0.15, -0.1) is 12.6 Å². The van der Waals surface area contributed by atoms with Crippen molar-refractivity contribution in [2.24, 2.45) is 0 Å². The van der Waals surface area contributed by atoms with E-state index in [-0.39, 0.29) is 11.7 Å². The summed E-state index contributed by atoms with van der Waals surface area (Å²) in [6.07, 6.45) is 0. The van der Waals surface area contributed by atoms with Crippen LogP contribution in [0.2, 0.25) is 0 Å². The van der Waals surface area contributed by atoms with Crippen molar-refractivity contribution in [2.75, 3.05) is 0 Å². The lowest BCUT2D eigenvalue weighted by Gasteiger charge is -2.08. The zero-order valence-corrected chi connectivity index (χ0v) is 11.4. The van der Waals surface area contributed by atoms with Crippen LogP contribution in [0.5, 0.6) is 0 Å². The number of aryl methyl sites for hydroxylation is 1. The molecule has 1 amide bonds. The van der Waals surface area contributed by atoms with Crippen molar-refractivity contribution in [3.63, 3.8) is 0 Å². The SMILES string of the molecule is Cc1ccc(S)cc1C(=O)NCc1cccc(F)c1. The number of halogens is 1. The van der Waals surface area contributed by atoms with Crippen molar-refractivity contribution in [2.45, 2.75) is 18.4 Å². The van der Waals surface area contributed by atoms with Crippen molar-refractivity contribution in [1.82, 2.24) is 5.32 Å². The molecule has 0 fully saturated rings. The van der Waals surface area contributed by atoms with E-state index in [1.54, 1.807) is 18.2 Å². The number of benzene rings is 2. The quantitative estimate of drug-likeness (QED) is 0.826. The number of hydrogen-bond acceptors (Lipinski definition) is 2. The molecule has 0 atom stereocenters. The Hall–Kier alpha value is -1.81. The van der Waals surface area contributed by atoms with Gasteiger partial charge in [-0.05, 0) is 42.3 Å². The summed E-state index contributed by atoms with van der Waals surface area (Å²) in [6.45, 7) is 2.16. The number of rotatable bonds is 3. The van der Waals surface area contributed by atoms with Gasteiger partial charge in [-0.3, -0.25) is 4.79 Å². The number of nitrogens with one attached hydrogen (secondary N) is 1. The second-order valence-corrected chi connectivity index (χ2v) is 4.83. The maximum absolute atomic E-state index is 13.0. The highest BCUT2D eigenvalue weighted by Crippen LogP contribution is 2.14. The number of hydrogen-bond donors (Lipinski definition) is 2. The minimum atomic E-state index is -0.305. The molecule has 4 heteroatoms. The van der Waals surface area contributed by atoms with E-state index in [1.807, 2.05) is 19.1 Å². The molecule has 0 aliphatic rings. The first-order valence-electron chi connectivity index (χ1n) is 5.88. The highest BCUT2D eigenvalue weighted by atomic mass is 32.1. The lowest BCUT2D eigenvalue weighted by molar-refractivity contribution is 0.0950. The van der Waals surface area contributed by atoms with Crippen LogP contribution in [0.1, 0.15) is 21.5 Å². The van der Waals surface area contributed by atoms with Crippen molar-refractivity contribution in [3.8, 4) is 0 Å². The highest BCUT2D eigenvalue weighted by molar-refractivity contribution is 7.80. The van der Waals surface area contributed by atoms with Crippen molar-refractivity contribution in [1.29, 1.82) is 0 Å². The average molecular weight is 275 g/mol. The molecule has 1 N–H and O–H groups in total. The highest BCUT2D eigenvalue weighted by Gasteiger charge is 2.09. The van der Waals surface area contributed by atoms with Crippen LogP contribution in [0.3, 0.4) is 0 Å². The Bertz CT molecular complexity index is 613. The molecular formula is C15H14FNOS. The molecule has 0 heterocycles. The first-order chi connectivity index (χ1) is 9.06. The van der Waals surface area contributed by atoms with Gasteiger partial charge in [0, 0.05) is 17.0 Å². The van der Waals surface area contributed by atoms with Crippen LogP contribution in [0.4, 0.5) is 4.39 Å². The van der Waals surface area contributed by atoms with Gasteiger partial charge in [0.25, 0.3) is 5.91 Å². The van der Waals surface area contributed by atoms with E-state index in [0.29, 0.717) is 12.1 Å². The summed E-state index contributed by atoms with van der Waals surface area (Å²) < 4.78 is 13.0. The second kappa shape index (κ2) is 5.89. The fourth-order valence-electron chi connectivity index (χ4n) is 1.78. The number of carbonyl (C=O) groups is 1. The summed E-state index contributed by atoms with van der Waals surface area (Å²) in [4.78, 5) is 12.8. The van der Waals surface area contributed by atoms with Gasteiger partial charge in [-0.2, -0.15) is 0 Å². The lowest BCUT2D eigenvalue weighted by Crippen LogP contribution is -2.23. The largest absolute Gasteiger partial charge is 0.348 e. The van der Waals surface area contributed by atoms with Gasteiger partial charge in [-0.25, -0.2) is 4.39 Å². The predicted octanol–water partition coefficient (Wildman–Crippen LogP) is 3.35. The van der Waals surface area contributed by atoms with Crippen LogP contribution in [0, 0.1) is 12.7 Å². The predicted molar refractivity (Wildman–Crippen MR) is 76.0 cm³/mol. The van der Waals surface area contributed by atoms with Crippen molar-refractivity contribution in [3.05, 3.63) is 65.0 Å². The molecule has 0 aliphatic carbocycles. The molecule has 19 heavy (non-hydrogen) atoms. The zero-order chi connectivity index (χ0) is 13.8. The Morgan fingerprint density at radius 3 is 2.79 bits per heavy atom. The van der Waals surface area contributed by atoms with Crippen LogP contribution >= 0.6 is 12.6 Å². The first kappa shape index (κ1) is 13.6. The molecule has 0 saturated carbocycles. The molecule has 0 saturated heterocycles. The summed E-state index contributed by atoms with van der Waals surface area (Å²) in [7, 11) is 0. The summed E-state index contributed by atoms with van der Waals surface area (Å²) in [5.74, 6) is -0.488. The number of thiol groups is 1. The third-order valence-electron chi connectivity index (χ3n) is 2.81. The standard InChI is InChI=1S/C15H14FNOS/c1-10-5-6-13(19)8-14(10)15(18)17-9-11-3-2-4-12(16)7-11/h2-8,19H,9H2,1H3,(H,17,18). The zero-order valence-electron chi connectivity index (χ0n) is 10.5. The van der Waals surface area contributed by atoms with Gasteiger partial charge in [-0.1, -0.05) is 18.2 Å². The molecule has 0 unspecified atom stereocenters. The summed E-state index contributed by atoms with van der Waals surface area (Å²) in [6, 6.07) is 11.6. The molecule has 0 aliphatic heterocycles. The summed E-state index contributed by atoms with van der Waals surface area (Å²) >= 11 is 4.22.